The van der Waals surface area contributed by atoms with Gasteiger partial charge in [-0.15, -0.1) is 0 Å². The lowest BCUT2D eigenvalue weighted by atomic mass is 9.83. The molecular formula is C30H25N3O3S. The third-order valence-corrected chi connectivity index (χ3v) is 8.15. The summed E-state index contributed by atoms with van der Waals surface area (Å²) in [6.45, 7) is 4.31. The topological polar surface area (TPSA) is 77.5 Å². The first-order valence-corrected chi connectivity index (χ1v) is 13.2. The fraction of sp³-hybridized carbons (Fsp3) is 0.200. The van der Waals surface area contributed by atoms with Crippen LogP contribution in [0.3, 0.4) is 0 Å². The molecule has 3 aromatic carbocycles. The molecule has 0 N–H and O–H groups in total. The normalized spacial score (nSPS) is 16.7. The Morgan fingerprint density at radius 1 is 1.05 bits per heavy atom. The number of fused-ring (bicyclic) bond motifs is 3. The Hall–Kier alpha value is -4.10. The van der Waals surface area contributed by atoms with Crippen LogP contribution in [0, 0.1) is 10.1 Å². The van der Waals surface area contributed by atoms with E-state index in [9.17, 15) is 14.9 Å². The van der Waals surface area contributed by atoms with Gasteiger partial charge in [0.2, 0.25) is 0 Å². The maximum atomic E-state index is 13.8. The van der Waals surface area contributed by atoms with Gasteiger partial charge in [0.05, 0.1) is 21.2 Å². The second-order valence-corrected chi connectivity index (χ2v) is 10.8. The molecule has 6 rings (SSSR count). The monoisotopic (exact) mass is 507 g/mol. The highest BCUT2D eigenvalue weighted by Crippen LogP contribution is 2.41. The average molecular weight is 508 g/mol. The van der Waals surface area contributed by atoms with Crippen LogP contribution in [0.4, 0.5) is 5.69 Å². The van der Waals surface area contributed by atoms with Crippen molar-refractivity contribution in [2.75, 3.05) is 0 Å². The van der Waals surface area contributed by atoms with Gasteiger partial charge in [0.1, 0.15) is 0 Å². The lowest BCUT2D eigenvalue weighted by molar-refractivity contribution is -0.384. The molecule has 2 heterocycles. The van der Waals surface area contributed by atoms with Gasteiger partial charge in [-0.25, -0.2) is 4.99 Å². The molecule has 1 aliphatic carbocycles. The zero-order valence-corrected chi connectivity index (χ0v) is 21.4. The van der Waals surface area contributed by atoms with Crippen molar-refractivity contribution < 1.29 is 4.92 Å². The van der Waals surface area contributed by atoms with Crippen LogP contribution < -0.4 is 14.9 Å². The number of nitro benzene ring substituents is 1. The van der Waals surface area contributed by atoms with Gasteiger partial charge in [-0.2, -0.15) is 0 Å². The van der Waals surface area contributed by atoms with Crippen molar-refractivity contribution in [3.05, 3.63) is 136 Å². The summed E-state index contributed by atoms with van der Waals surface area (Å²) < 4.78 is 2.32. The van der Waals surface area contributed by atoms with Gasteiger partial charge in [0.15, 0.2) is 4.80 Å². The molecule has 0 bridgehead atoms. The van der Waals surface area contributed by atoms with Crippen molar-refractivity contribution in [2.45, 2.75) is 38.6 Å². The molecule has 0 saturated carbocycles. The van der Waals surface area contributed by atoms with Gasteiger partial charge in [-0.05, 0) is 52.7 Å². The Morgan fingerprint density at radius 2 is 1.84 bits per heavy atom. The molecule has 0 radical (unpaired) electrons. The van der Waals surface area contributed by atoms with E-state index in [0.717, 1.165) is 40.8 Å². The van der Waals surface area contributed by atoms with Crippen LogP contribution in [0.25, 0.3) is 11.8 Å². The number of thiazole rings is 1. The van der Waals surface area contributed by atoms with E-state index < -0.39 is 6.04 Å². The Labute approximate surface area is 217 Å². The minimum Gasteiger partial charge on any atom is -0.272 e. The fourth-order valence-corrected chi connectivity index (χ4v) is 6.26. The highest BCUT2D eigenvalue weighted by molar-refractivity contribution is 7.07. The number of rotatable bonds is 4. The summed E-state index contributed by atoms with van der Waals surface area (Å²) >= 11 is 1.37. The number of aromatic nitrogens is 1. The zero-order chi connectivity index (χ0) is 25.7. The van der Waals surface area contributed by atoms with Crippen LogP contribution in [0.5, 0.6) is 0 Å². The first-order chi connectivity index (χ1) is 17.9. The summed E-state index contributed by atoms with van der Waals surface area (Å²) in [5.74, 6) is 0.434. The maximum absolute atomic E-state index is 13.8. The van der Waals surface area contributed by atoms with E-state index in [1.807, 2.05) is 36.4 Å². The molecular weight excluding hydrogens is 482 g/mol. The lowest BCUT2D eigenvalue weighted by Gasteiger charge is -2.30. The molecule has 1 aromatic heterocycles. The van der Waals surface area contributed by atoms with Crippen molar-refractivity contribution in [3.8, 4) is 0 Å². The molecule has 2 aliphatic rings. The number of nitro groups is 1. The van der Waals surface area contributed by atoms with Crippen molar-refractivity contribution in [2.24, 2.45) is 4.99 Å². The number of non-ortho nitro benzene ring substituents is 1. The highest BCUT2D eigenvalue weighted by atomic mass is 32.1. The third-order valence-electron chi connectivity index (χ3n) is 7.17. The summed E-state index contributed by atoms with van der Waals surface area (Å²) in [4.78, 5) is 30.6. The minimum atomic E-state index is -0.440. The first-order valence-electron chi connectivity index (χ1n) is 12.4. The maximum Gasteiger partial charge on any atom is 0.271 e. The molecule has 0 saturated heterocycles. The van der Waals surface area contributed by atoms with Crippen LogP contribution in [0.15, 0.2) is 88.2 Å². The molecule has 0 amide bonds. The number of hydrogen-bond donors (Lipinski definition) is 0. The van der Waals surface area contributed by atoms with Gasteiger partial charge in [0, 0.05) is 17.7 Å². The Kier molecular flexibility index (Phi) is 5.72. The minimum absolute atomic E-state index is 0.0141. The van der Waals surface area contributed by atoms with E-state index in [-0.39, 0.29) is 16.2 Å². The van der Waals surface area contributed by atoms with E-state index in [4.69, 9.17) is 4.99 Å². The molecule has 0 spiro atoms. The Morgan fingerprint density at radius 3 is 2.59 bits per heavy atom. The molecule has 1 aliphatic heterocycles. The van der Waals surface area contributed by atoms with Crippen LogP contribution in [-0.2, 0) is 6.42 Å². The van der Waals surface area contributed by atoms with E-state index in [2.05, 4.69) is 38.1 Å². The molecule has 6 nitrogen and oxygen atoms in total. The summed E-state index contributed by atoms with van der Waals surface area (Å²) in [5, 5.41) is 11.6. The smallest absolute Gasteiger partial charge is 0.271 e. The predicted molar refractivity (Wildman–Crippen MR) is 146 cm³/mol. The second kappa shape index (κ2) is 9.09. The molecule has 4 aromatic rings. The zero-order valence-electron chi connectivity index (χ0n) is 20.5. The van der Waals surface area contributed by atoms with Crippen molar-refractivity contribution in [1.82, 2.24) is 4.57 Å². The van der Waals surface area contributed by atoms with Crippen LogP contribution in [0.1, 0.15) is 60.0 Å². The Balaban J connectivity index is 1.58. The molecule has 0 unspecified atom stereocenters. The van der Waals surface area contributed by atoms with E-state index in [0.29, 0.717) is 15.3 Å². The van der Waals surface area contributed by atoms with E-state index in [1.54, 1.807) is 16.7 Å². The van der Waals surface area contributed by atoms with Gasteiger partial charge in [-0.1, -0.05) is 85.8 Å². The van der Waals surface area contributed by atoms with Gasteiger partial charge in [0.25, 0.3) is 11.2 Å². The number of nitrogens with zero attached hydrogens (tertiary/aromatic N) is 3. The van der Waals surface area contributed by atoms with Gasteiger partial charge < -0.3 is 0 Å². The van der Waals surface area contributed by atoms with Gasteiger partial charge in [-0.3, -0.25) is 19.5 Å². The molecule has 184 valence electrons. The predicted octanol–water partition coefficient (Wildman–Crippen LogP) is 5.35. The standard InChI is InChI=1S/C30H25N3O3S/c1-18(2)20-12-10-19(11-13-20)16-26-29(34)32-28(22-7-5-8-23(17-22)33(35)36)25-15-14-21-6-3-4-9-24(21)27(25)31-30(32)37-26/h3-13,16-18,28H,14-15H2,1-2H3/b26-16+/t28-/m0/s1. The first kappa shape index (κ1) is 23.3. The number of aryl methyl sites for hydroxylation is 1. The number of hydrogen-bond acceptors (Lipinski definition) is 5. The quantitative estimate of drug-likeness (QED) is 0.276. The van der Waals surface area contributed by atoms with E-state index in [1.165, 1.54) is 28.5 Å². The van der Waals surface area contributed by atoms with Crippen LogP contribution >= 0.6 is 11.3 Å². The second-order valence-electron chi connectivity index (χ2n) is 9.79. The summed E-state index contributed by atoms with van der Waals surface area (Å²) in [6, 6.07) is 22.7. The van der Waals surface area contributed by atoms with Crippen molar-refractivity contribution in [3.63, 3.8) is 0 Å². The molecule has 1 atom stereocenters. The summed E-state index contributed by atoms with van der Waals surface area (Å²) in [7, 11) is 0. The van der Waals surface area contributed by atoms with Crippen LogP contribution in [0.2, 0.25) is 0 Å². The Bertz CT molecular complexity index is 1760. The third kappa shape index (κ3) is 4.05. The summed E-state index contributed by atoms with van der Waals surface area (Å²) in [6.07, 6.45) is 3.49. The summed E-state index contributed by atoms with van der Waals surface area (Å²) in [5.41, 5.74) is 7.02. The molecule has 37 heavy (non-hydrogen) atoms. The average Bonchev–Trinajstić information content (AvgIpc) is 3.22. The molecule has 0 fully saturated rings. The van der Waals surface area contributed by atoms with Crippen molar-refractivity contribution >= 4 is 28.8 Å². The van der Waals surface area contributed by atoms with Crippen LogP contribution in [-0.4, -0.2) is 9.49 Å². The lowest BCUT2D eigenvalue weighted by Crippen LogP contribution is -2.38. The largest absolute Gasteiger partial charge is 0.272 e. The number of allylic oxidation sites excluding steroid dienone is 1. The molecule has 7 heteroatoms. The number of benzene rings is 3. The van der Waals surface area contributed by atoms with E-state index >= 15 is 0 Å². The fourth-order valence-electron chi connectivity index (χ4n) is 5.26. The SMILES string of the molecule is CC(C)c1ccc(/C=c2/sc3n(c2=O)[C@@H](c2cccc([N+](=O)[O-])c2)C2=C(N=3)c3ccccc3CC2)cc1. The van der Waals surface area contributed by atoms with Gasteiger partial charge >= 0.3 is 0 Å². The highest BCUT2D eigenvalue weighted by Gasteiger charge is 2.33. The van der Waals surface area contributed by atoms with Crippen molar-refractivity contribution in [1.29, 1.82) is 0 Å².